The third-order valence-electron chi connectivity index (χ3n) is 2.37. The Morgan fingerprint density at radius 2 is 2.15 bits per heavy atom. The molecule has 0 bridgehead atoms. The van der Waals surface area contributed by atoms with E-state index in [-0.39, 0.29) is 5.97 Å². The zero-order valence-electron chi connectivity index (χ0n) is 8.51. The van der Waals surface area contributed by atoms with Gasteiger partial charge in [0.05, 0.1) is 13.0 Å². The van der Waals surface area contributed by atoms with Crippen molar-refractivity contribution in [2.24, 2.45) is 5.41 Å². The molecular formula is C11H18O2. The van der Waals surface area contributed by atoms with Gasteiger partial charge in [-0.3, -0.25) is 4.79 Å². The molecule has 1 aliphatic rings. The van der Waals surface area contributed by atoms with Crippen molar-refractivity contribution in [3.05, 3.63) is 12.2 Å². The zero-order valence-corrected chi connectivity index (χ0v) is 8.51. The van der Waals surface area contributed by atoms with Crippen molar-refractivity contribution in [1.82, 2.24) is 0 Å². The fraction of sp³-hybridized carbons (Fsp3) is 0.727. The monoisotopic (exact) mass is 182 g/mol. The van der Waals surface area contributed by atoms with Crippen LogP contribution in [0.1, 0.15) is 39.5 Å². The number of rotatable bonds is 5. The SMILES string of the molecule is CC/C=C\CC(=O)OCC1(C)CC1. The van der Waals surface area contributed by atoms with E-state index in [0.717, 1.165) is 6.42 Å². The zero-order chi connectivity index (χ0) is 9.73. The Labute approximate surface area is 80.0 Å². The summed E-state index contributed by atoms with van der Waals surface area (Å²) in [4.78, 5) is 11.1. The Bertz CT molecular complexity index is 202. The second-order valence-electron chi connectivity index (χ2n) is 4.06. The minimum atomic E-state index is -0.0992. The van der Waals surface area contributed by atoms with Crippen molar-refractivity contribution < 1.29 is 9.53 Å². The summed E-state index contributed by atoms with van der Waals surface area (Å²) in [7, 11) is 0. The van der Waals surface area contributed by atoms with Crippen LogP contribution in [-0.4, -0.2) is 12.6 Å². The molecule has 74 valence electrons. The van der Waals surface area contributed by atoms with Gasteiger partial charge in [-0.15, -0.1) is 0 Å². The predicted molar refractivity (Wildman–Crippen MR) is 52.3 cm³/mol. The first kappa shape index (κ1) is 10.3. The Kier molecular flexibility index (Phi) is 3.52. The lowest BCUT2D eigenvalue weighted by Gasteiger charge is -2.07. The predicted octanol–water partition coefficient (Wildman–Crippen LogP) is 2.69. The molecule has 0 amide bonds. The molecule has 0 saturated heterocycles. The van der Waals surface area contributed by atoms with Crippen LogP contribution in [0.15, 0.2) is 12.2 Å². The summed E-state index contributed by atoms with van der Waals surface area (Å²) in [6.07, 6.45) is 7.66. The van der Waals surface area contributed by atoms with Crippen LogP contribution in [0.25, 0.3) is 0 Å². The molecule has 0 aromatic heterocycles. The van der Waals surface area contributed by atoms with Crippen molar-refractivity contribution in [3.63, 3.8) is 0 Å². The van der Waals surface area contributed by atoms with Crippen LogP contribution in [-0.2, 0) is 9.53 Å². The third-order valence-corrected chi connectivity index (χ3v) is 2.37. The van der Waals surface area contributed by atoms with E-state index < -0.39 is 0 Å². The van der Waals surface area contributed by atoms with Crippen LogP contribution in [0.2, 0.25) is 0 Å². The lowest BCUT2D eigenvalue weighted by molar-refractivity contribution is -0.144. The summed E-state index contributed by atoms with van der Waals surface area (Å²) >= 11 is 0. The molecule has 1 fully saturated rings. The number of hydrogen-bond donors (Lipinski definition) is 0. The van der Waals surface area contributed by atoms with Gasteiger partial charge in [-0.1, -0.05) is 26.0 Å². The normalized spacial score (nSPS) is 18.9. The quantitative estimate of drug-likeness (QED) is 0.482. The third kappa shape index (κ3) is 4.11. The van der Waals surface area contributed by atoms with Crippen LogP contribution in [0.4, 0.5) is 0 Å². The Hall–Kier alpha value is -0.790. The fourth-order valence-corrected chi connectivity index (χ4v) is 1.02. The first-order valence-corrected chi connectivity index (χ1v) is 4.97. The van der Waals surface area contributed by atoms with E-state index in [2.05, 4.69) is 6.92 Å². The molecule has 0 atom stereocenters. The topological polar surface area (TPSA) is 26.3 Å². The molecule has 0 unspecified atom stereocenters. The average molecular weight is 182 g/mol. The molecule has 1 rings (SSSR count). The molecule has 0 spiro atoms. The van der Waals surface area contributed by atoms with Crippen LogP contribution in [0.3, 0.4) is 0 Å². The molecule has 2 heteroatoms. The van der Waals surface area contributed by atoms with Gasteiger partial charge in [-0.2, -0.15) is 0 Å². The van der Waals surface area contributed by atoms with E-state index in [1.807, 2.05) is 19.1 Å². The summed E-state index contributed by atoms with van der Waals surface area (Å²) in [6, 6.07) is 0. The molecule has 0 heterocycles. The largest absolute Gasteiger partial charge is 0.465 e. The maximum absolute atomic E-state index is 11.1. The fourth-order valence-electron chi connectivity index (χ4n) is 1.02. The van der Waals surface area contributed by atoms with Gasteiger partial charge in [-0.05, 0) is 19.3 Å². The Morgan fingerprint density at radius 1 is 1.46 bits per heavy atom. The Morgan fingerprint density at radius 3 is 2.69 bits per heavy atom. The first-order chi connectivity index (χ1) is 6.16. The molecular weight excluding hydrogens is 164 g/mol. The minimum Gasteiger partial charge on any atom is -0.465 e. The Balaban J connectivity index is 2.07. The number of ether oxygens (including phenoxy) is 1. The molecule has 2 nitrogen and oxygen atoms in total. The van der Waals surface area contributed by atoms with Crippen LogP contribution < -0.4 is 0 Å². The van der Waals surface area contributed by atoms with Crippen molar-refractivity contribution in [2.45, 2.75) is 39.5 Å². The molecule has 1 saturated carbocycles. The molecule has 1 aliphatic carbocycles. The number of allylic oxidation sites excluding steroid dienone is 1. The van der Waals surface area contributed by atoms with Gasteiger partial charge in [0.25, 0.3) is 0 Å². The van der Waals surface area contributed by atoms with Crippen molar-refractivity contribution in [1.29, 1.82) is 0 Å². The lowest BCUT2D eigenvalue weighted by atomic mass is 10.2. The van der Waals surface area contributed by atoms with Crippen molar-refractivity contribution in [2.75, 3.05) is 6.61 Å². The van der Waals surface area contributed by atoms with Crippen LogP contribution >= 0.6 is 0 Å². The second-order valence-corrected chi connectivity index (χ2v) is 4.06. The standard InChI is InChI=1S/C11H18O2/c1-3-4-5-6-10(12)13-9-11(2)7-8-11/h4-5H,3,6-9H2,1-2H3/b5-4-. The average Bonchev–Trinajstić information content (AvgIpc) is 2.82. The highest BCUT2D eigenvalue weighted by Crippen LogP contribution is 2.44. The summed E-state index contributed by atoms with van der Waals surface area (Å²) in [6.45, 7) is 4.81. The number of carbonyl (C=O) groups excluding carboxylic acids is 1. The van der Waals surface area contributed by atoms with Gasteiger partial charge in [0.2, 0.25) is 0 Å². The number of carbonyl (C=O) groups is 1. The van der Waals surface area contributed by atoms with E-state index in [9.17, 15) is 4.79 Å². The van der Waals surface area contributed by atoms with Crippen molar-refractivity contribution in [3.8, 4) is 0 Å². The maximum atomic E-state index is 11.1. The molecule has 13 heavy (non-hydrogen) atoms. The van der Waals surface area contributed by atoms with Gasteiger partial charge in [0, 0.05) is 5.41 Å². The summed E-state index contributed by atoms with van der Waals surface area (Å²) in [5.74, 6) is -0.0992. The molecule has 0 aromatic rings. The first-order valence-electron chi connectivity index (χ1n) is 4.97. The molecule has 0 aromatic carbocycles. The van der Waals surface area contributed by atoms with Gasteiger partial charge < -0.3 is 4.74 Å². The van der Waals surface area contributed by atoms with E-state index in [1.54, 1.807) is 0 Å². The van der Waals surface area contributed by atoms with Gasteiger partial charge in [0.1, 0.15) is 0 Å². The van der Waals surface area contributed by atoms with E-state index >= 15 is 0 Å². The van der Waals surface area contributed by atoms with E-state index in [4.69, 9.17) is 4.74 Å². The van der Waals surface area contributed by atoms with E-state index in [1.165, 1.54) is 12.8 Å². The molecule has 0 radical (unpaired) electrons. The summed E-state index contributed by atoms with van der Waals surface area (Å²) in [5.41, 5.74) is 0.310. The van der Waals surface area contributed by atoms with Gasteiger partial charge in [0.15, 0.2) is 0 Å². The molecule has 0 aliphatic heterocycles. The van der Waals surface area contributed by atoms with Gasteiger partial charge >= 0.3 is 5.97 Å². The summed E-state index contributed by atoms with van der Waals surface area (Å²) < 4.78 is 5.13. The van der Waals surface area contributed by atoms with E-state index in [0.29, 0.717) is 18.4 Å². The highest BCUT2D eigenvalue weighted by atomic mass is 16.5. The number of hydrogen-bond acceptors (Lipinski definition) is 2. The lowest BCUT2D eigenvalue weighted by Crippen LogP contribution is -2.11. The second kappa shape index (κ2) is 4.45. The smallest absolute Gasteiger partial charge is 0.309 e. The molecule has 0 N–H and O–H groups in total. The van der Waals surface area contributed by atoms with Crippen LogP contribution in [0, 0.1) is 5.41 Å². The highest BCUT2D eigenvalue weighted by Gasteiger charge is 2.38. The minimum absolute atomic E-state index is 0.0992. The van der Waals surface area contributed by atoms with Crippen molar-refractivity contribution >= 4 is 5.97 Å². The summed E-state index contributed by atoms with van der Waals surface area (Å²) in [5, 5.41) is 0. The highest BCUT2D eigenvalue weighted by molar-refractivity contribution is 5.71. The van der Waals surface area contributed by atoms with Gasteiger partial charge in [-0.25, -0.2) is 0 Å². The van der Waals surface area contributed by atoms with Crippen LogP contribution in [0.5, 0.6) is 0 Å². The maximum Gasteiger partial charge on any atom is 0.309 e. The number of esters is 1.